The Balaban J connectivity index is 2.42. The summed E-state index contributed by atoms with van der Waals surface area (Å²) in [6.45, 7) is 2.68. The number of hydrogen-bond donors (Lipinski definition) is 2. The van der Waals surface area contributed by atoms with Crippen LogP contribution in [0.2, 0.25) is 0 Å². The molecule has 17 heavy (non-hydrogen) atoms. The lowest BCUT2D eigenvalue weighted by molar-refractivity contribution is -0.116. The van der Waals surface area contributed by atoms with Crippen LogP contribution in [0, 0.1) is 6.92 Å². The monoisotopic (exact) mass is 298 g/mol. The molecule has 0 aliphatic carbocycles. The maximum atomic E-state index is 11.7. The summed E-state index contributed by atoms with van der Waals surface area (Å²) in [4.78, 5) is 11.7. The molecule has 0 heterocycles. The molecule has 0 saturated carbocycles. The van der Waals surface area contributed by atoms with Crippen LogP contribution in [0.15, 0.2) is 22.7 Å². The summed E-state index contributed by atoms with van der Waals surface area (Å²) in [5, 5.41) is 2.93. The largest absolute Gasteiger partial charge is 0.330 e. The number of carbonyl (C=O) groups excluding carboxylic acids is 1. The van der Waals surface area contributed by atoms with Crippen molar-refractivity contribution in [2.24, 2.45) is 5.73 Å². The van der Waals surface area contributed by atoms with Crippen LogP contribution < -0.4 is 11.1 Å². The van der Waals surface area contributed by atoms with Crippen LogP contribution >= 0.6 is 15.9 Å². The minimum Gasteiger partial charge on any atom is -0.330 e. The van der Waals surface area contributed by atoms with E-state index in [1.165, 1.54) is 0 Å². The molecule has 0 atom stereocenters. The van der Waals surface area contributed by atoms with Gasteiger partial charge in [0.1, 0.15) is 0 Å². The van der Waals surface area contributed by atoms with E-state index in [1.54, 1.807) is 0 Å². The van der Waals surface area contributed by atoms with Crippen molar-refractivity contribution >= 4 is 27.5 Å². The highest BCUT2D eigenvalue weighted by atomic mass is 79.9. The van der Waals surface area contributed by atoms with E-state index in [1.807, 2.05) is 25.1 Å². The molecule has 3 nitrogen and oxygen atoms in total. The summed E-state index contributed by atoms with van der Waals surface area (Å²) >= 11 is 3.39. The molecule has 0 saturated heterocycles. The second-order valence-corrected chi connectivity index (χ2v) is 5.02. The average Bonchev–Trinajstić information content (AvgIpc) is 2.29. The number of nitrogens with two attached hydrogens (primary N) is 1. The average molecular weight is 299 g/mol. The Morgan fingerprint density at radius 1 is 1.35 bits per heavy atom. The Kier molecular flexibility index (Phi) is 6.22. The first-order valence-corrected chi connectivity index (χ1v) is 6.69. The third-order valence-corrected chi connectivity index (χ3v) is 3.07. The molecule has 3 N–H and O–H groups in total. The zero-order valence-electron chi connectivity index (χ0n) is 10.1. The van der Waals surface area contributed by atoms with Gasteiger partial charge in [-0.2, -0.15) is 0 Å². The fraction of sp³-hybridized carbons (Fsp3) is 0.462. The van der Waals surface area contributed by atoms with E-state index >= 15 is 0 Å². The quantitative estimate of drug-likeness (QED) is 0.792. The molecular formula is C13H19BrN2O. The predicted octanol–water partition coefficient (Wildman–Crippen LogP) is 3.22. The van der Waals surface area contributed by atoms with E-state index in [9.17, 15) is 4.79 Å². The number of aryl methyl sites for hydroxylation is 1. The zero-order chi connectivity index (χ0) is 12.7. The zero-order valence-corrected chi connectivity index (χ0v) is 11.7. The van der Waals surface area contributed by atoms with Crippen LogP contribution in [0.3, 0.4) is 0 Å². The molecule has 1 amide bonds. The molecule has 1 rings (SSSR count). The van der Waals surface area contributed by atoms with E-state index in [2.05, 4.69) is 21.2 Å². The van der Waals surface area contributed by atoms with Crippen molar-refractivity contribution in [3.05, 3.63) is 28.2 Å². The molecule has 0 fully saturated rings. The van der Waals surface area contributed by atoms with Gasteiger partial charge in [-0.25, -0.2) is 0 Å². The Morgan fingerprint density at radius 3 is 2.82 bits per heavy atom. The number of unbranched alkanes of at least 4 members (excludes halogenated alkanes) is 2. The molecule has 1 aromatic rings. The van der Waals surface area contributed by atoms with Crippen molar-refractivity contribution in [2.45, 2.75) is 32.6 Å². The van der Waals surface area contributed by atoms with Gasteiger partial charge in [-0.05, 0) is 44.0 Å². The molecule has 0 spiro atoms. The maximum absolute atomic E-state index is 11.7. The van der Waals surface area contributed by atoms with Gasteiger partial charge in [0, 0.05) is 16.6 Å². The summed E-state index contributed by atoms with van der Waals surface area (Å²) in [5.41, 5.74) is 7.35. The highest BCUT2D eigenvalue weighted by Gasteiger charge is 2.04. The smallest absolute Gasteiger partial charge is 0.224 e. The summed E-state index contributed by atoms with van der Waals surface area (Å²) in [7, 11) is 0. The SMILES string of the molecule is Cc1ccc(Br)cc1NC(=O)CCCCCN. The minimum absolute atomic E-state index is 0.0724. The van der Waals surface area contributed by atoms with Crippen molar-refractivity contribution < 1.29 is 4.79 Å². The topological polar surface area (TPSA) is 55.1 Å². The first-order valence-electron chi connectivity index (χ1n) is 5.89. The number of hydrogen-bond acceptors (Lipinski definition) is 2. The summed E-state index contributed by atoms with van der Waals surface area (Å²) in [6, 6.07) is 5.87. The Labute approximate surface area is 111 Å². The Hall–Kier alpha value is -0.870. The number of benzene rings is 1. The molecule has 0 aliphatic rings. The van der Waals surface area contributed by atoms with E-state index in [0.717, 1.165) is 35.0 Å². The van der Waals surface area contributed by atoms with E-state index < -0.39 is 0 Å². The molecule has 0 radical (unpaired) electrons. The molecule has 94 valence electrons. The number of nitrogens with one attached hydrogen (secondary N) is 1. The highest BCUT2D eigenvalue weighted by Crippen LogP contribution is 2.20. The summed E-state index contributed by atoms with van der Waals surface area (Å²) in [6.07, 6.45) is 3.46. The van der Waals surface area contributed by atoms with E-state index in [4.69, 9.17) is 5.73 Å². The van der Waals surface area contributed by atoms with Gasteiger partial charge < -0.3 is 11.1 Å². The third-order valence-electron chi connectivity index (χ3n) is 2.58. The molecule has 4 heteroatoms. The summed E-state index contributed by atoms with van der Waals surface area (Å²) in [5.74, 6) is 0.0724. The molecular weight excluding hydrogens is 280 g/mol. The van der Waals surface area contributed by atoms with Crippen molar-refractivity contribution in [2.75, 3.05) is 11.9 Å². The Bertz CT molecular complexity index is 380. The first kappa shape index (κ1) is 14.2. The number of amides is 1. The standard InChI is InChI=1S/C13H19BrN2O/c1-10-6-7-11(14)9-12(10)16-13(17)5-3-2-4-8-15/h6-7,9H,2-5,8,15H2,1H3,(H,16,17). The molecule has 0 aliphatic heterocycles. The van der Waals surface area contributed by atoms with E-state index in [0.29, 0.717) is 13.0 Å². The van der Waals surface area contributed by atoms with Crippen LogP contribution in [-0.4, -0.2) is 12.5 Å². The maximum Gasteiger partial charge on any atom is 0.224 e. The van der Waals surface area contributed by atoms with Gasteiger partial charge in [0.15, 0.2) is 0 Å². The van der Waals surface area contributed by atoms with Crippen LogP contribution in [0.5, 0.6) is 0 Å². The number of carbonyl (C=O) groups is 1. The van der Waals surface area contributed by atoms with Gasteiger partial charge in [0.2, 0.25) is 5.91 Å². The van der Waals surface area contributed by atoms with Gasteiger partial charge in [-0.1, -0.05) is 28.4 Å². The summed E-state index contributed by atoms with van der Waals surface area (Å²) < 4.78 is 0.974. The third kappa shape index (κ3) is 5.33. The second-order valence-electron chi connectivity index (χ2n) is 4.11. The van der Waals surface area contributed by atoms with Gasteiger partial charge >= 0.3 is 0 Å². The van der Waals surface area contributed by atoms with Crippen molar-refractivity contribution in [3.63, 3.8) is 0 Å². The van der Waals surface area contributed by atoms with Gasteiger partial charge in [-0.3, -0.25) is 4.79 Å². The molecule has 0 bridgehead atoms. The fourth-order valence-corrected chi connectivity index (χ4v) is 1.91. The molecule has 1 aromatic carbocycles. The lowest BCUT2D eigenvalue weighted by Crippen LogP contribution is -2.12. The van der Waals surface area contributed by atoms with Crippen LogP contribution in [0.4, 0.5) is 5.69 Å². The molecule has 0 aromatic heterocycles. The minimum atomic E-state index is 0.0724. The number of halogens is 1. The van der Waals surface area contributed by atoms with Crippen LogP contribution in [0.1, 0.15) is 31.2 Å². The number of anilines is 1. The van der Waals surface area contributed by atoms with Crippen LogP contribution in [-0.2, 0) is 4.79 Å². The highest BCUT2D eigenvalue weighted by molar-refractivity contribution is 9.10. The molecule has 0 unspecified atom stereocenters. The van der Waals surface area contributed by atoms with Crippen molar-refractivity contribution in [1.82, 2.24) is 0 Å². The van der Waals surface area contributed by atoms with Crippen molar-refractivity contribution in [1.29, 1.82) is 0 Å². The van der Waals surface area contributed by atoms with E-state index in [-0.39, 0.29) is 5.91 Å². The lowest BCUT2D eigenvalue weighted by atomic mass is 10.1. The fourth-order valence-electron chi connectivity index (χ4n) is 1.55. The van der Waals surface area contributed by atoms with Gasteiger partial charge in [0.25, 0.3) is 0 Å². The normalized spacial score (nSPS) is 10.3. The van der Waals surface area contributed by atoms with Gasteiger partial charge in [-0.15, -0.1) is 0 Å². The predicted molar refractivity (Wildman–Crippen MR) is 75.0 cm³/mol. The van der Waals surface area contributed by atoms with Crippen LogP contribution in [0.25, 0.3) is 0 Å². The lowest BCUT2D eigenvalue weighted by Gasteiger charge is -2.08. The second kappa shape index (κ2) is 7.45. The first-order chi connectivity index (χ1) is 8.13. The Morgan fingerprint density at radius 2 is 2.12 bits per heavy atom. The van der Waals surface area contributed by atoms with Crippen molar-refractivity contribution in [3.8, 4) is 0 Å². The van der Waals surface area contributed by atoms with Gasteiger partial charge in [0.05, 0.1) is 0 Å². The number of rotatable bonds is 6.